The lowest BCUT2D eigenvalue weighted by Gasteiger charge is -1.93. The number of aliphatic hydroxyl groups excluding tert-OH is 1. The van der Waals surface area contributed by atoms with Crippen LogP contribution in [0.2, 0.25) is 0 Å². The Kier molecular flexibility index (Phi) is 3.26. The summed E-state index contributed by atoms with van der Waals surface area (Å²) in [7, 11) is 1.44. The third-order valence-corrected chi connectivity index (χ3v) is 0.345. The molecule has 0 heterocycles. The molecule has 4 nitrogen and oxygen atoms in total. The molecular weight excluding hydrogens is 98.0 g/mol. The molecule has 0 amide bonds. The molecule has 0 spiro atoms. The molecule has 0 bridgehead atoms. The van der Waals surface area contributed by atoms with Crippen LogP contribution in [-0.2, 0) is 9.63 Å². The van der Waals surface area contributed by atoms with Crippen molar-refractivity contribution in [2.24, 2.45) is 0 Å². The predicted octanol–water partition coefficient (Wildman–Crippen LogP) is -1.34. The first-order chi connectivity index (χ1) is 3.31. The van der Waals surface area contributed by atoms with E-state index in [0.29, 0.717) is 0 Å². The van der Waals surface area contributed by atoms with Gasteiger partial charge in [0, 0.05) is 7.05 Å². The van der Waals surface area contributed by atoms with Crippen molar-refractivity contribution in [1.29, 1.82) is 0 Å². The van der Waals surface area contributed by atoms with Gasteiger partial charge in [0.05, 0.1) is 0 Å². The average Bonchev–Trinajstić information content (AvgIpc) is 1.68. The molecule has 0 aromatic carbocycles. The van der Waals surface area contributed by atoms with E-state index in [9.17, 15) is 4.79 Å². The van der Waals surface area contributed by atoms with Crippen molar-refractivity contribution in [2.45, 2.75) is 0 Å². The van der Waals surface area contributed by atoms with Crippen molar-refractivity contribution in [3.8, 4) is 0 Å². The Morgan fingerprint density at radius 1 is 2.00 bits per heavy atom. The average molecular weight is 105 g/mol. The molecule has 0 aromatic heterocycles. The Morgan fingerprint density at radius 2 is 2.57 bits per heavy atom. The minimum Gasteiger partial charge on any atom is -0.385 e. The number of hydrogen-bond acceptors (Lipinski definition) is 4. The van der Waals surface area contributed by atoms with Gasteiger partial charge in [-0.2, -0.15) is 5.48 Å². The van der Waals surface area contributed by atoms with Crippen LogP contribution in [0.15, 0.2) is 0 Å². The molecule has 0 atom stereocenters. The second-order valence-electron chi connectivity index (χ2n) is 0.836. The zero-order chi connectivity index (χ0) is 5.70. The molecule has 42 valence electrons. The van der Waals surface area contributed by atoms with E-state index >= 15 is 0 Å². The van der Waals surface area contributed by atoms with E-state index in [0.717, 1.165) is 0 Å². The number of hydrogen-bond donors (Lipinski definition) is 2. The Bertz CT molecular complexity index is 63.2. The van der Waals surface area contributed by atoms with Gasteiger partial charge in [0.2, 0.25) is 0 Å². The monoisotopic (exact) mass is 105 g/mol. The molecule has 0 saturated heterocycles. The molecule has 0 aliphatic rings. The zero-order valence-electron chi connectivity index (χ0n) is 3.97. The van der Waals surface area contributed by atoms with E-state index in [4.69, 9.17) is 5.11 Å². The largest absolute Gasteiger partial charge is 0.385 e. The summed E-state index contributed by atoms with van der Waals surface area (Å²) >= 11 is 0. The van der Waals surface area contributed by atoms with Crippen LogP contribution in [0, 0.1) is 0 Å². The fourth-order valence-electron chi connectivity index (χ4n) is 0.146. The maximum atomic E-state index is 9.88. The van der Waals surface area contributed by atoms with E-state index in [-0.39, 0.29) is 0 Å². The minimum atomic E-state index is -0.678. The third-order valence-electron chi connectivity index (χ3n) is 0.345. The van der Waals surface area contributed by atoms with Crippen molar-refractivity contribution in [3.05, 3.63) is 0 Å². The van der Waals surface area contributed by atoms with Gasteiger partial charge in [0.25, 0.3) is 0 Å². The summed E-state index contributed by atoms with van der Waals surface area (Å²) in [5.74, 6) is -0.678. The summed E-state index contributed by atoms with van der Waals surface area (Å²) in [4.78, 5) is 13.9. The molecule has 0 radical (unpaired) electrons. The highest BCUT2D eigenvalue weighted by Crippen LogP contribution is 1.64. The summed E-state index contributed by atoms with van der Waals surface area (Å²) in [6.45, 7) is -0.582. The van der Waals surface area contributed by atoms with E-state index in [2.05, 4.69) is 10.3 Å². The second kappa shape index (κ2) is 3.58. The van der Waals surface area contributed by atoms with Crippen molar-refractivity contribution in [2.75, 3.05) is 13.7 Å². The van der Waals surface area contributed by atoms with E-state index in [1.165, 1.54) is 7.05 Å². The lowest BCUT2D eigenvalue weighted by Crippen LogP contribution is -2.17. The molecule has 0 aliphatic carbocycles. The topological polar surface area (TPSA) is 58.6 Å². The van der Waals surface area contributed by atoms with Crippen LogP contribution in [0.5, 0.6) is 0 Å². The highest BCUT2D eigenvalue weighted by molar-refractivity contribution is 5.69. The Morgan fingerprint density at radius 3 is 2.71 bits per heavy atom. The van der Waals surface area contributed by atoms with Gasteiger partial charge in [0.15, 0.2) is 0 Å². The number of carbonyl (C=O) groups is 1. The molecular formula is C3H7NO3. The molecule has 0 fully saturated rings. The maximum absolute atomic E-state index is 9.88. The van der Waals surface area contributed by atoms with Crippen LogP contribution < -0.4 is 5.48 Å². The first kappa shape index (κ1) is 6.39. The fourth-order valence-corrected chi connectivity index (χ4v) is 0.146. The number of rotatable bonds is 2. The lowest BCUT2D eigenvalue weighted by atomic mass is 10.8. The van der Waals surface area contributed by atoms with Crippen LogP contribution in [0.3, 0.4) is 0 Å². The quantitative estimate of drug-likeness (QED) is 0.426. The maximum Gasteiger partial charge on any atom is 0.350 e. The molecule has 2 N–H and O–H groups in total. The van der Waals surface area contributed by atoms with Crippen molar-refractivity contribution < 1.29 is 14.7 Å². The second-order valence-corrected chi connectivity index (χ2v) is 0.836. The molecule has 4 heteroatoms. The standard InChI is InChI=1S/C3H7NO3/c1-4-7-3(6)2-5/h4-5H,2H2,1H3. The highest BCUT2D eigenvalue weighted by Gasteiger charge is 1.93. The smallest absolute Gasteiger partial charge is 0.350 e. The number of carbonyl (C=O) groups excluding carboxylic acids is 1. The van der Waals surface area contributed by atoms with E-state index in [1.54, 1.807) is 0 Å². The summed E-state index contributed by atoms with van der Waals surface area (Å²) in [5, 5.41) is 7.95. The van der Waals surface area contributed by atoms with E-state index in [1.807, 2.05) is 0 Å². The number of aliphatic hydroxyl groups is 1. The number of hydroxylamine groups is 1. The van der Waals surface area contributed by atoms with Crippen molar-refractivity contribution >= 4 is 5.97 Å². The Balaban J connectivity index is 3.00. The summed E-state index contributed by atoms with van der Waals surface area (Å²) in [6.07, 6.45) is 0. The van der Waals surface area contributed by atoms with E-state index < -0.39 is 12.6 Å². The van der Waals surface area contributed by atoms with Gasteiger partial charge in [-0.05, 0) is 0 Å². The summed E-state index contributed by atoms with van der Waals surface area (Å²) in [5.41, 5.74) is 2.11. The zero-order valence-corrected chi connectivity index (χ0v) is 3.97. The molecule has 0 saturated carbocycles. The van der Waals surface area contributed by atoms with Gasteiger partial charge in [-0.15, -0.1) is 0 Å². The minimum absolute atomic E-state index is 0.582. The van der Waals surface area contributed by atoms with Gasteiger partial charge in [-0.25, -0.2) is 4.79 Å². The van der Waals surface area contributed by atoms with Gasteiger partial charge in [-0.1, -0.05) is 0 Å². The first-order valence-corrected chi connectivity index (χ1v) is 1.78. The van der Waals surface area contributed by atoms with Gasteiger partial charge in [-0.3, -0.25) is 0 Å². The third kappa shape index (κ3) is 3.21. The molecule has 0 unspecified atom stereocenters. The normalized spacial score (nSPS) is 8.29. The summed E-state index contributed by atoms with van der Waals surface area (Å²) < 4.78 is 0. The van der Waals surface area contributed by atoms with Crippen molar-refractivity contribution in [3.63, 3.8) is 0 Å². The van der Waals surface area contributed by atoms with Crippen LogP contribution in [0.4, 0.5) is 0 Å². The fraction of sp³-hybridized carbons (Fsp3) is 0.667. The van der Waals surface area contributed by atoms with Gasteiger partial charge >= 0.3 is 5.97 Å². The van der Waals surface area contributed by atoms with Crippen LogP contribution in [-0.4, -0.2) is 24.7 Å². The van der Waals surface area contributed by atoms with Gasteiger partial charge in [0.1, 0.15) is 6.61 Å². The Hall–Kier alpha value is -0.610. The van der Waals surface area contributed by atoms with Crippen molar-refractivity contribution in [1.82, 2.24) is 5.48 Å². The molecule has 0 rings (SSSR count). The molecule has 7 heavy (non-hydrogen) atoms. The number of nitrogens with one attached hydrogen (secondary N) is 1. The summed E-state index contributed by atoms with van der Waals surface area (Å²) in [6, 6.07) is 0. The van der Waals surface area contributed by atoms with Crippen LogP contribution in [0.25, 0.3) is 0 Å². The lowest BCUT2D eigenvalue weighted by molar-refractivity contribution is -0.153. The van der Waals surface area contributed by atoms with Crippen LogP contribution in [0.1, 0.15) is 0 Å². The first-order valence-electron chi connectivity index (χ1n) is 1.78. The highest BCUT2D eigenvalue weighted by atomic mass is 16.7. The molecule has 0 aliphatic heterocycles. The molecule has 0 aromatic rings. The Labute approximate surface area is 41.0 Å². The predicted molar refractivity (Wildman–Crippen MR) is 22.2 cm³/mol. The van der Waals surface area contributed by atoms with Crippen LogP contribution >= 0.6 is 0 Å². The van der Waals surface area contributed by atoms with Gasteiger partial charge < -0.3 is 9.94 Å². The SMILES string of the molecule is CNOC(=O)CO.